The van der Waals surface area contributed by atoms with Crippen LogP contribution < -0.4 is 10.1 Å². The van der Waals surface area contributed by atoms with Crippen molar-refractivity contribution in [3.63, 3.8) is 0 Å². The number of benzene rings is 2. The van der Waals surface area contributed by atoms with E-state index in [2.05, 4.69) is 36.4 Å². The summed E-state index contributed by atoms with van der Waals surface area (Å²) in [6.07, 6.45) is 2.36. The monoisotopic (exact) mass is 412 g/mol. The number of carbonyl (C=O) groups excluding carboxylic acids is 1. The molecular formula is C19H17BrN4O2. The van der Waals surface area contributed by atoms with E-state index in [1.165, 1.54) is 12.8 Å². The van der Waals surface area contributed by atoms with Crippen LogP contribution in [0.25, 0.3) is 11.4 Å². The molecule has 26 heavy (non-hydrogen) atoms. The normalized spacial score (nSPS) is 13.5. The van der Waals surface area contributed by atoms with Crippen LogP contribution in [0.3, 0.4) is 0 Å². The van der Waals surface area contributed by atoms with Crippen LogP contribution in [0.1, 0.15) is 34.9 Å². The van der Waals surface area contributed by atoms with Crippen molar-refractivity contribution in [2.45, 2.75) is 18.8 Å². The summed E-state index contributed by atoms with van der Waals surface area (Å²) in [5.74, 6) is 2.60. The van der Waals surface area contributed by atoms with Crippen molar-refractivity contribution < 1.29 is 9.53 Å². The van der Waals surface area contributed by atoms with Gasteiger partial charge < -0.3 is 10.1 Å². The summed E-state index contributed by atoms with van der Waals surface area (Å²) in [7, 11) is 1.57. The first-order chi connectivity index (χ1) is 12.6. The van der Waals surface area contributed by atoms with Gasteiger partial charge in [-0.15, -0.1) is 0 Å². The van der Waals surface area contributed by atoms with Crippen LogP contribution in [0.4, 0.5) is 5.69 Å². The summed E-state index contributed by atoms with van der Waals surface area (Å²) in [5, 5.41) is 10.2. The van der Waals surface area contributed by atoms with Gasteiger partial charge in [-0.2, -0.15) is 5.10 Å². The van der Waals surface area contributed by atoms with E-state index in [-0.39, 0.29) is 5.91 Å². The van der Waals surface area contributed by atoms with Crippen molar-refractivity contribution in [1.82, 2.24) is 15.2 Å². The van der Waals surface area contributed by atoms with Gasteiger partial charge in [0.1, 0.15) is 11.6 Å². The van der Waals surface area contributed by atoms with Gasteiger partial charge in [0.25, 0.3) is 5.91 Å². The van der Waals surface area contributed by atoms with Gasteiger partial charge in [0.2, 0.25) is 0 Å². The van der Waals surface area contributed by atoms with Crippen molar-refractivity contribution in [3.8, 4) is 17.1 Å². The fourth-order valence-electron chi connectivity index (χ4n) is 2.65. The molecule has 132 valence electrons. The second-order valence-electron chi connectivity index (χ2n) is 6.20. The lowest BCUT2D eigenvalue weighted by Crippen LogP contribution is -2.12. The largest absolute Gasteiger partial charge is 0.497 e. The number of methoxy groups -OCH3 is 1. The second kappa shape index (κ2) is 6.92. The maximum atomic E-state index is 12.5. The Kier molecular flexibility index (Phi) is 4.46. The predicted molar refractivity (Wildman–Crippen MR) is 102 cm³/mol. The Bertz CT molecular complexity index is 948. The SMILES string of the molecule is COc1ccc(Br)c(C(=O)Nc2ccc(-c3n[nH]c(C4CC4)n3)cc2)c1. The zero-order valence-corrected chi connectivity index (χ0v) is 15.7. The molecule has 0 aliphatic heterocycles. The lowest BCUT2D eigenvalue weighted by molar-refractivity contribution is 0.102. The van der Waals surface area contributed by atoms with Crippen molar-refractivity contribution >= 4 is 27.5 Å². The Labute approximate surface area is 159 Å². The molecule has 3 aromatic rings. The number of aromatic nitrogens is 3. The number of carbonyl (C=O) groups is 1. The molecule has 1 aromatic heterocycles. The number of hydrogen-bond donors (Lipinski definition) is 2. The number of nitrogens with zero attached hydrogens (tertiary/aromatic N) is 2. The van der Waals surface area contributed by atoms with Gasteiger partial charge in [-0.3, -0.25) is 9.89 Å². The summed E-state index contributed by atoms with van der Waals surface area (Å²) in [6, 6.07) is 12.8. The standard InChI is InChI=1S/C19H17BrN4O2/c1-26-14-8-9-16(20)15(10-14)19(25)21-13-6-4-12(5-7-13)18-22-17(23-24-18)11-2-3-11/h4-11H,2-3H2,1H3,(H,21,25)(H,22,23,24). The van der Waals surface area contributed by atoms with Crippen LogP contribution in [0.5, 0.6) is 5.75 Å². The highest BCUT2D eigenvalue weighted by Gasteiger charge is 2.27. The molecular weight excluding hydrogens is 396 g/mol. The molecule has 4 rings (SSSR count). The molecule has 2 N–H and O–H groups in total. The van der Waals surface area contributed by atoms with Gasteiger partial charge >= 0.3 is 0 Å². The van der Waals surface area contributed by atoms with Crippen molar-refractivity contribution in [3.05, 3.63) is 58.3 Å². The fourth-order valence-corrected chi connectivity index (χ4v) is 3.08. The quantitative estimate of drug-likeness (QED) is 0.651. The summed E-state index contributed by atoms with van der Waals surface area (Å²) in [4.78, 5) is 17.1. The number of anilines is 1. The van der Waals surface area contributed by atoms with Gasteiger partial charge in [0.05, 0.1) is 12.7 Å². The molecule has 7 heteroatoms. The lowest BCUT2D eigenvalue weighted by Gasteiger charge is -2.09. The average molecular weight is 413 g/mol. The van der Waals surface area contributed by atoms with E-state index in [1.54, 1.807) is 25.3 Å². The molecule has 1 heterocycles. The molecule has 0 saturated heterocycles. The smallest absolute Gasteiger partial charge is 0.256 e. The number of nitrogens with one attached hydrogen (secondary N) is 2. The van der Waals surface area contributed by atoms with E-state index >= 15 is 0 Å². The highest BCUT2D eigenvalue weighted by Crippen LogP contribution is 2.38. The van der Waals surface area contributed by atoms with Crippen LogP contribution in [-0.2, 0) is 0 Å². The third-order valence-electron chi connectivity index (χ3n) is 4.29. The molecule has 0 bridgehead atoms. The van der Waals surface area contributed by atoms with Gasteiger partial charge in [-0.1, -0.05) is 0 Å². The van der Waals surface area contributed by atoms with Crippen LogP contribution in [-0.4, -0.2) is 28.2 Å². The van der Waals surface area contributed by atoms with Crippen LogP contribution in [0, 0.1) is 0 Å². The topological polar surface area (TPSA) is 79.9 Å². The molecule has 0 radical (unpaired) electrons. The summed E-state index contributed by atoms with van der Waals surface area (Å²) in [5.41, 5.74) is 2.12. The van der Waals surface area contributed by atoms with Gasteiger partial charge in [-0.25, -0.2) is 4.98 Å². The molecule has 1 saturated carbocycles. The number of H-pyrrole nitrogens is 1. The molecule has 1 aliphatic carbocycles. The number of hydrogen-bond acceptors (Lipinski definition) is 4. The lowest BCUT2D eigenvalue weighted by atomic mass is 10.1. The maximum absolute atomic E-state index is 12.5. The molecule has 1 fully saturated rings. The Hall–Kier alpha value is -2.67. The molecule has 2 aromatic carbocycles. The Morgan fingerprint density at radius 3 is 2.69 bits per heavy atom. The Balaban J connectivity index is 1.49. The number of halogens is 1. The summed E-state index contributed by atoms with van der Waals surface area (Å²) in [6.45, 7) is 0. The van der Waals surface area contributed by atoms with Crippen LogP contribution >= 0.6 is 15.9 Å². The van der Waals surface area contributed by atoms with E-state index in [4.69, 9.17) is 4.74 Å². The van der Waals surface area contributed by atoms with Gasteiger partial charge in [0.15, 0.2) is 5.82 Å². The Morgan fingerprint density at radius 2 is 2.00 bits per heavy atom. The van der Waals surface area contributed by atoms with Crippen LogP contribution in [0.2, 0.25) is 0 Å². The van der Waals surface area contributed by atoms with Crippen molar-refractivity contribution in [2.24, 2.45) is 0 Å². The number of ether oxygens (including phenoxy) is 1. The summed E-state index contributed by atoms with van der Waals surface area (Å²) < 4.78 is 5.89. The second-order valence-corrected chi connectivity index (χ2v) is 7.05. The first kappa shape index (κ1) is 16.8. The molecule has 1 amide bonds. The highest BCUT2D eigenvalue weighted by atomic mass is 79.9. The third kappa shape index (κ3) is 3.48. The maximum Gasteiger partial charge on any atom is 0.256 e. The van der Waals surface area contributed by atoms with E-state index in [0.29, 0.717) is 33.2 Å². The Morgan fingerprint density at radius 1 is 1.23 bits per heavy atom. The number of aromatic amines is 1. The zero-order chi connectivity index (χ0) is 18.1. The average Bonchev–Trinajstić information content (AvgIpc) is 3.40. The minimum absolute atomic E-state index is 0.211. The zero-order valence-electron chi connectivity index (χ0n) is 14.1. The molecule has 6 nitrogen and oxygen atoms in total. The fraction of sp³-hybridized carbons (Fsp3) is 0.211. The highest BCUT2D eigenvalue weighted by molar-refractivity contribution is 9.10. The van der Waals surface area contributed by atoms with E-state index < -0.39 is 0 Å². The molecule has 1 aliphatic rings. The number of rotatable bonds is 5. The molecule has 0 unspecified atom stereocenters. The van der Waals surface area contributed by atoms with E-state index in [9.17, 15) is 4.79 Å². The molecule has 0 atom stereocenters. The third-order valence-corrected chi connectivity index (χ3v) is 4.98. The first-order valence-corrected chi connectivity index (χ1v) is 9.11. The first-order valence-electron chi connectivity index (χ1n) is 8.31. The minimum Gasteiger partial charge on any atom is -0.497 e. The van der Waals surface area contributed by atoms with E-state index in [1.807, 2.05) is 24.3 Å². The van der Waals surface area contributed by atoms with Crippen molar-refractivity contribution in [2.75, 3.05) is 12.4 Å². The van der Waals surface area contributed by atoms with Crippen molar-refractivity contribution in [1.29, 1.82) is 0 Å². The van der Waals surface area contributed by atoms with Gasteiger partial charge in [0, 0.05) is 21.6 Å². The summed E-state index contributed by atoms with van der Waals surface area (Å²) >= 11 is 3.40. The minimum atomic E-state index is -0.211. The van der Waals surface area contributed by atoms with E-state index in [0.717, 1.165) is 11.4 Å². The molecule has 0 spiro atoms. The van der Waals surface area contributed by atoms with Gasteiger partial charge in [-0.05, 0) is 71.2 Å². The van der Waals surface area contributed by atoms with Crippen LogP contribution in [0.15, 0.2) is 46.9 Å². The number of amides is 1. The predicted octanol–water partition coefficient (Wildman–Crippen LogP) is 4.37.